The molecule has 6 heteroatoms. The number of hydrogen-bond acceptors (Lipinski definition) is 4. The Hall–Kier alpha value is -1.98. The van der Waals surface area contributed by atoms with Gasteiger partial charge in [0.15, 0.2) is 0 Å². The molecule has 1 saturated heterocycles. The van der Waals surface area contributed by atoms with E-state index in [-0.39, 0.29) is 5.91 Å². The Morgan fingerprint density at radius 2 is 1.95 bits per heavy atom. The van der Waals surface area contributed by atoms with E-state index in [1.807, 2.05) is 29.2 Å². The summed E-state index contributed by atoms with van der Waals surface area (Å²) in [5, 5.41) is 11.9. The van der Waals surface area contributed by atoms with Crippen LogP contribution in [0.1, 0.15) is 21.5 Å². The van der Waals surface area contributed by atoms with Crippen LogP contribution in [0.3, 0.4) is 0 Å². The van der Waals surface area contributed by atoms with Gasteiger partial charge in [-0.25, -0.2) is 0 Å². The van der Waals surface area contributed by atoms with Crippen LogP contribution in [0.4, 0.5) is 0 Å². The van der Waals surface area contributed by atoms with Crippen molar-refractivity contribution in [1.29, 1.82) is 0 Å². The lowest BCUT2D eigenvalue weighted by molar-refractivity contribution is 0.0694. The first kappa shape index (κ1) is 11.8. The molecule has 0 aliphatic carbocycles. The molecule has 1 atom stereocenters. The molecule has 20 heavy (non-hydrogen) atoms. The van der Waals surface area contributed by atoms with E-state index in [0.717, 1.165) is 17.7 Å². The zero-order valence-corrected chi connectivity index (χ0v) is 11.3. The maximum absolute atomic E-state index is 12.5. The fourth-order valence-electron chi connectivity index (χ4n) is 3.14. The summed E-state index contributed by atoms with van der Waals surface area (Å²) in [6.45, 7) is 1.41. The molecule has 1 N–H and O–H groups in total. The Kier molecular flexibility index (Phi) is 2.37. The van der Waals surface area contributed by atoms with Crippen molar-refractivity contribution < 1.29 is 4.79 Å². The molecule has 1 aromatic heterocycles. The maximum Gasteiger partial charge on any atom is 0.258 e. The second-order valence-electron chi connectivity index (χ2n) is 4.92. The number of fused-ring (bicyclic) bond motifs is 3. The second-order valence-corrected chi connectivity index (χ2v) is 5.35. The average molecular weight is 287 g/mol. The summed E-state index contributed by atoms with van der Waals surface area (Å²) in [5.41, 5.74) is 1.83. The Balaban J connectivity index is 1.99. The smallest absolute Gasteiger partial charge is 0.258 e. The van der Waals surface area contributed by atoms with Crippen LogP contribution in [0.25, 0.3) is 0 Å². The Morgan fingerprint density at radius 3 is 2.75 bits per heavy atom. The predicted molar refractivity (Wildman–Crippen MR) is 73.3 cm³/mol. The van der Waals surface area contributed by atoms with Gasteiger partial charge in [0.05, 0.1) is 18.0 Å². The van der Waals surface area contributed by atoms with Gasteiger partial charge in [-0.1, -0.05) is 23.7 Å². The first-order valence-corrected chi connectivity index (χ1v) is 6.75. The molecular weight excluding hydrogens is 276 g/mol. The molecule has 0 spiro atoms. The molecule has 1 amide bonds. The van der Waals surface area contributed by atoms with E-state index in [1.54, 1.807) is 6.20 Å². The SMILES string of the molecule is O=C1c2cnncc2C2(c3ccc(Cl)cc3)NCCN12. The van der Waals surface area contributed by atoms with Gasteiger partial charge in [-0.3, -0.25) is 10.1 Å². The van der Waals surface area contributed by atoms with Crippen LogP contribution in [0.2, 0.25) is 5.02 Å². The van der Waals surface area contributed by atoms with Gasteiger partial charge in [0, 0.05) is 23.7 Å². The lowest BCUT2D eigenvalue weighted by atomic mass is 9.93. The van der Waals surface area contributed by atoms with Crippen LogP contribution in [0.15, 0.2) is 36.7 Å². The van der Waals surface area contributed by atoms with Crippen molar-refractivity contribution in [2.45, 2.75) is 5.66 Å². The van der Waals surface area contributed by atoms with Crippen LogP contribution in [-0.2, 0) is 5.66 Å². The summed E-state index contributed by atoms with van der Waals surface area (Å²) in [4.78, 5) is 14.4. The van der Waals surface area contributed by atoms with Crippen molar-refractivity contribution in [3.8, 4) is 0 Å². The normalized spacial score (nSPS) is 23.9. The summed E-state index contributed by atoms with van der Waals surface area (Å²) in [7, 11) is 0. The Morgan fingerprint density at radius 1 is 1.20 bits per heavy atom. The topological polar surface area (TPSA) is 58.1 Å². The zero-order valence-electron chi connectivity index (χ0n) is 10.5. The molecule has 0 radical (unpaired) electrons. The third kappa shape index (κ3) is 1.34. The van der Waals surface area contributed by atoms with Crippen LogP contribution in [0, 0.1) is 0 Å². The summed E-state index contributed by atoms with van der Waals surface area (Å²) in [5.74, 6) is -0.00477. The molecule has 2 aliphatic rings. The molecule has 1 aromatic carbocycles. The van der Waals surface area contributed by atoms with Gasteiger partial charge in [-0.05, 0) is 17.7 Å². The number of nitrogens with zero attached hydrogens (tertiary/aromatic N) is 3. The third-order valence-electron chi connectivity index (χ3n) is 3.98. The highest BCUT2D eigenvalue weighted by atomic mass is 35.5. The number of hydrogen-bond donors (Lipinski definition) is 1. The first-order valence-electron chi connectivity index (χ1n) is 6.38. The van der Waals surface area contributed by atoms with E-state index in [2.05, 4.69) is 15.5 Å². The van der Waals surface area contributed by atoms with E-state index in [0.29, 0.717) is 17.1 Å². The largest absolute Gasteiger partial charge is 0.311 e. The number of benzene rings is 1. The van der Waals surface area contributed by atoms with Gasteiger partial charge >= 0.3 is 0 Å². The van der Waals surface area contributed by atoms with Crippen LogP contribution < -0.4 is 5.32 Å². The number of carbonyl (C=O) groups is 1. The lowest BCUT2D eigenvalue weighted by Gasteiger charge is -2.33. The second kappa shape index (κ2) is 4.01. The number of halogens is 1. The molecule has 2 aliphatic heterocycles. The Labute approximate surface area is 120 Å². The van der Waals surface area contributed by atoms with Crippen molar-refractivity contribution in [3.63, 3.8) is 0 Å². The molecule has 100 valence electrons. The van der Waals surface area contributed by atoms with Crippen LogP contribution in [0.5, 0.6) is 0 Å². The standard InChI is InChI=1S/C14H11ClN4O/c15-10-3-1-9(2-4-10)14-12-8-18-17-7-11(12)13(20)19(14)6-5-16-14/h1-4,7-8,16H,5-6H2. The van der Waals surface area contributed by atoms with E-state index < -0.39 is 5.66 Å². The van der Waals surface area contributed by atoms with E-state index >= 15 is 0 Å². The number of carbonyl (C=O) groups excluding carboxylic acids is 1. The molecule has 1 fully saturated rings. The van der Waals surface area contributed by atoms with Crippen LogP contribution in [-0.4, -0.2) is 34.1 Å². The fourth-order valence-corrected chi connectivity index (χ4v) is 3.26. The average Bonchev–Trinajstić information content (AvgIpc) is 3.01. The molecule has 0 saturated carbocycles. The zero-order chi connectivity index (χ0) is 13.7. The lowest BCUT2D eigenvalue weighted by Crippen LogP contribution is -2.46. The quantitative estimate of drug-likeness (QED) is 0.861. The molecule has 2 aromatic rings. The van der Waals surface area contributed by atoms with Crippen molar-refractivity contribution in [2.75, 3.05) is 13.1 Å². The Bertz CT molecular complexity index is 703. The summed E-state index contributed by atoms with van der Waals surface area (Å²) in [6, 6.07) is 7.55. The highest BCUT2D eigenvalue weighted by molar-refractivity contribution is 6.30. The number of nitrogens with one attached hydrogen (secondary N) is 1. The fraction of sp³-hybridized carbons (Fsp3) is 0.214. The molecular formula is C14H11ClN4O. The molecule has 0 bridgehead atoms. The van der Waals surface area contributed by atoms with Crippen molar-refractivity contribution in [3.05, 3.63) is 58.4 Å². The summed E-state index contributed by atoms with van der Waals surface area (Å²) < 4.78 is 0. The number of aromatic nitrogens is 2. The molecule has 1 unspecified atom stereocenters. The summed E-state index contributed by atoms with van der Waals surface area (Å²) in [6.07, 6.45) is 3.20. The minimum absolute atomic E-state index is 0.00477. The van der Waals surface area contributed by atoms with Crippen LogP contribution >= 0.6 is 11.6 Å². The van der Waals surface area contributed by atoms with E-state index in [1.165, 1.54) is 6.20 Å². The number of amides is 1. The van der Waals surface area contributed by atoms with Gasteiger partial charge in [-0.2, -0.15) is 10.2 Å². The maximum atomic E-state index is 12.5. The van der Waals surface area contributed by atoms with Crippen molar-refractivity contribution in [2.24, 2.45) is 0 Å². The highest BCUT2D eigenvalue weighted by Gasteiger charge is 2.53. The van der Waals surface area contributed by atoms with Gasteiger partial charge < -0.3 is 4.90 Å². The molecule has 3 heterocycles. The van der Waals surface area contributed by atoms with Gasteiger partial charge in [0.1, 0.15) is 5.66 Å². The minimum atomic E-state index is -0.632. The number of rotatable bonds is 1. The van der Waals surface area contributed by atoms with Crippen molar-refractivity contribution >= 4 is 17.5 Å². The minimum Gasteiger partial charge on any atom is -0.311 e. The third-order valence-corrected chi connectivity index (χ3v) is 4.23. The van der Waals surface area contributed by atoms with Gasteiger partial charge in [0.2, 0.25) is 0 Å². The monoisotopic (exact) mass is 286 g/mol. The van der Waals surface area contributed by atoms with Gasteiger partial charge in [0.25, 0.3) is 5.91 Å². The predicted octanol–water partition coefficient (Wildman–Crippen LogP) is 1.39. The van der Waals surface area contributed by atoms with E-state index in [4.69, 9.17) is 11.6 Å². The van der Waals surface area contributed by atoms with Crippen molar-refractivity contribution in [1.82, 2.24) is 20.4 Å². The first-order chi connectivity index (χ1) is 9.73. The van der Waals surface area contributed by atoms with Gasteiger partial charge in [-0.15, -0.1) is 0 Å². The summed E-state index contributed by atoms with van der Waals surface area (Å²) >= 11 is 5.96. The van der Waals surface area contributed by atoms with E-state index in [9.17, 15) is 4.79 Å². The molecule has 4 rings (SSSR count). The highest BCUT2D eigenvalue weighted by Crippen LogP contribution is 2.43. The molecule has 5 nitrogen and oxygen atoms in total.